The van der Waals surface area contributed by atoms with Crippen molar-refractivity contribution < 1.29 is 19.5 Å². The zero-order valence-corrected chi connectivity index (χ0v) is 7.10. The molecule has 0 aliphatic rings. The average molecular weight is 168 g/mol. The second-order valence-electron chi connectivity index (χ2n) is 0. The van der Waals surface area contributed by atoms with Gasteiger partial charge in [0, 0.05) is 19.5 Å². The van der Waals surface area contributed by atoms with Crippen LogP contribution in [0.15, 0.2) is 0 Å². The van der Waals surface area contributed by atoms with Gasteiger partial charge in [0.2, 0.25) is 0 Å². The molecule has 0 spiro atoms. The third-order valence-corrected chi connectivity index (χ3v) is 0. The van der Waals surface area contributed by atoms with E-state index in [1.165, 1.54) is 0 Å². The van der Waals surface area contributed by atoms with E-state index < -0.39 is 0 Å². The Morgan fingerprint density at radius 1 is 0.800 bits per heavy atom. The van der Waals surface area contributed by atoms with Crippen LogP contribution in [-0.2, 0) is 19.5 Å². The molecule has 0 aromatic heterocycles. The maximum absolute atomic E-state index is 4.14. The van der Waals surface area contributed by atoms with Gasteiger partial charge in [-0.05, 0) is 23.6 Å². The first kappa shape index (κ1) is 16.5. The minimum atomic E-state index is 0. The summed E-state index contributed by atoms with van der Waals surface area (Å²) in [5.74, 6) is 0. The summed E-state index contributed by atoms with van der Waals surface area (Å²) in [7, 11) is 0. The van der Waals surface area contributed by atoms with Gasteiger partial charge < -0.3 is 0 Å². The maximum Gasteiger partial charge on any atom is 0 e. The molecule has 0 aliphatic heterocycles. The summed E-state index contributed by atoms with van der Waals surface area (Å²) < 4.78 is 0. The molecule has 0 fully saturated rings. The average Bonchev–Trinajstić information content (AvgIpc) is 1.50. The Hall–Kier alpha value is 1.12. The third kappa shape index (κ3) is 39.6. The second-order valence-corrected chi connectivity index (χ2v) is 0. The Labute approximate surface area is 53.8 Å². The molecule has 0 rings (SSSR count). The maximum atomic E-state index is 4.14. The Morgan fingerprint density at radius 3 is 0.800 bits per heavy atom. The molecule has 0 saturated heterocycles. The zero-order valence-electron chi connectivity index (χ0n) is 2.62. The van der Waals surface area contributed by atoms with Crippen molar-refractivity contribution in [2.75, 3.05) is 0 Å². The molecule has 2 nitrogen and oxygen atoms in total. The first-order chi connectivity index (χ1) is 2.00. The predicted molar refractivity (Wildman–Crippen MR) is 20.1 cm³/mol. The van der Waals surface area contributed by atoms with Crippen LogP contribution in [0, 0.1) is 0 Å². The summed E-state index contributed by atoms with van der Waals surface area (Å²) in [6, 6.07) is 0. The van der Waals surface area contributed by atoms with Gasteiger partial charge in [-0.15, -0.1) is 0 Å². The van der Waals surface area contributed by atoms with Crippen LogP contribution < -0.4 is 10.5 Å². The summed E-state index contributed by atoms with van der Waals surface area (Å²) in [5.41, 5.74) is 0. The van der Waals surface area contributed by atoms with Crippen LogP contribution in [0.2, 0.25) is 0 Å². The van der Waals surface area contributed by atoms with Crippen molar-refractivity contribution >= 4 is 23.6 Å². The van der Waals surface area contributed by atoms with Crippen LogP contribution in [-0.4, -0.2) is 0 Å². The number of nitrogens with two attached hydrogens (primary N) is 2. The van der Waals surface area contributed by atoms with Gasteiger partial charge in [-0.25, -0.2) is 10.5 Å². The fourth-order valence-electron chi connectivity index (χ4n) is 0. The molecule has 5 heteroatoms. The van der Waals surface area contributed by atoms with Crippen LogP contribution in [0.5, 0.6) is 0 Å². The normalized spacial score (nSPS) is 2.40. The monoisotopic (exact) mass is 166 g/mol. The van der Waals surface area contributed by atoms with Crippen LogP contribution in [0.1, 0.15) is 0 Å². The van der Waals surface area contributed by atoms with E-state index in [-0.39, 0.29) is 19.5 Å². The Bertz CT molecular complexity index is 7.61. The van der Waals surface area contributed by atoms with E-state index in [1.54, 1.807) is 0 Å². The van der Waals surface area contributed by atoms with Gasteiger partial charge in [0.25, 0.3) is 0 Å². The van der Waals surface area contributed by atoms with Crippen molar-refractivity contribution in [3.63, 3.8) is 0 Å². The van der Waals surface area contributed by atoms with Gasteiger partial charge in [-0.1, -0.05) is 0 Å². The molecule has 4 N–H and O–H groups in total. The summed E-state index contributed by atoms with van der Waals surface area (Å²) in [6.07, 6.45) is 0. The summed E-state index contributed by atoms with van der Waals surface area (Å²) >= 11 is 8.28. The molecule has 0 unspecified atom stereocenters. The van der Waals surface area contributed by atoms with Crippen molar-refractivity contribution in [1.29, 1.82) is 0 Å². The van der Waals surface area contributed by atoms with E-state index in [9.17, 15) is 0 Å². The van der Waals surface area contributed by atoms with Crippen LogP contribution in [0.25, 0.3) is 0 Å². The molecule has 0 bridgehead atoms. The standard InChI is InChI=1S/2ClH2N.Zn/c2*1-2;/h2*2H2;. The molecule has 30 valence electrons. The number of hydrogen-bond donors (Lipinski definition) is 2. The van der Waals surface area contributed by atoms with Crippen molar-refractivity contribution in [1.82, 2.24) is 0 Å². The van der Waals surface area contributed by atoms with Gasteiger partial charge in [0.05, 0.1) is 0 Å². The number of halogens is 2. The smallest absolute Gasteiger partial charge is 0 e. The van der Waals surface area contributed by atoms with Crippen molar-refractivity contribution in [2.45, 2.75) is 0 Å². The zero-order chi connectivity index (χ0) is 4.00. The molecule has 0 atom stereocenters. The quantitative estimate of drug-likeness (QED) is 0.401. The van der Waals surface area contributed by atoms with Crippen molar-refractivity contribution in [3.8, 4) is 0 Å². The van der Waals surface area contributed by atoms with E-state index in [2.05, 4.69) is 34.1 Å². The summed E-state index contributed by atoms with van der Waals surface area (Å²) in [5, 5.41) is 7.94. The number of hydrogen-bond acceptors (Lipinski definition) is 2. The fraction of sp³-hybridized carbons (Fsp3) is 0. The molecular weight excluding hydrogens is 164 g/mol. The molecule has 0 heterocycles. The Balaban J connectivity index is -0.0000000133. The molecule has 0 radical (unpaired) electrons. The van der Waals surface area contributed by atoms with Gasteiger partial charge in [0.15, 0.2) is 0 Å². The topological polar surface area (TPSA) is 52.0 Å². The summed E-state index contributed by atoms with van der Waals surface area (Å²) in [4.78, 5) is 0. The minimum absolute atomic E-state index is 0. The van der Waals surface area contributed by atoms with Crippen LogP contribution >= 0.6 is 23.6 Å². The third-order valence-electron chi connectivity index (χ3n) is 0. The van der Waals surface area contributed by atoms with Gasteiger partial charge in [-0.2, -0.15) is 0 Å². The van der Waals surface area contributed by atoms with Crippen LogP contribution in [0.3, 0.4) is 0 Å². The molecule has 0 amide bonds. The predicted octanol–water partition coefficient (Wildman–Crippen LogP) is 0.195. The molecular formula is H4Cl2N2Zn. The van der Waals surface area contributed by atoms with E-state index in [1.807, 2.05) is 0 Å². The van der Waals surface area contributed by atoms with Gasteiger partial charge in [0.1, 0.15) is 0 Å². The second kappa shape index (κ2) is 69.0. The van der Waals surface area contributed by atoms with Gasteiger partial charge >= 0.3 is 0 Å². The van der Waals surface area contributed by atoms with Crippen molar-refractivity contribution in [3.05, 3.63) is 0 Å². The first-order valence-electron chi connectivity index (χ1n) is 0.436. The first-order valence-corrected chi connectivity index (χ1v) is 1.31. The molecule has 0 aromatic carbocycles. The van der Waals surface area contributed by atoms with E-state index in [4.69, 9.17) is 0 Å². The molecule has 0 aromatic rings. The largest absolute Gasteiger partial charge is 0.247 e. The van der Waals surface area contributed by atoms with E-state index in [0.717, 1.165) is 0 Å². The van der Waals surface area contributed by atoms with E-state index >= 15 is 0 Å². The SMILES string of the molecule is NCl.NCl.[Zn]. The fourth-order valence-corrected chi connectivity index (χ4v) is 0. The number of rotatable bonds is 0. The van der Waals surface area contributed by atoms with Crippen LogP contribution in [0.4, 0.5) is 0 Å². The van der Waals surface area contributed by atoms with Gasteiger partial charge in [-0.3, -0.25) is 0 Å². The Kier molecular flexibility index (Phi) is 227. The summed E-state index contributed by atoms with van der Waals surface area (Å²) in [6.45, 7) is 0. The van der Waals surface area contributed by atoms with Crippen molar-refractivity contribution in [2.24, 2.45) is 10.5 Å². The van der Waals surface area contributed by atoms with E-state index in [0.29, 0.717) is 0 Å². The minimum Gasteiger partial charge on any atom is -0.247 e. The molecule has 5 heavy (non-hydrogen) atoms. The molecule has 0 aliphatic carbocycles. The Morgan fingerprint density at radius 2 is 0.800 bits per heavy atom. The molecule has 0 saturated carbocycles.